The van der Waals surface area contributed by atoms with Gasteiger partial charge in [-0.25, -0.2) is 9.79 Å². The molecule has 0 N–H and O–H groups in total. The van der Waals surface area contributed by atoms with Gasteiger partial charge in [0.2, 0.25) is 0 Å². The Kier molecular flexibility index (Phi) is 8.12. The Morgan fingerprint density at radius 1 is 1.15 bits per heavy atom. The molecule has 41 heavy (non-hydrogen) atoms. The van der Waals surface area contributed by atoms with Crippen LogP contribution in [0.15, 0.2) is 92.7 Å². The zero-order valence-corrected chi connectivity index (χ0v) is 24.2. The molecule has 5 rings (SSSR count). The van der Waals surface area contributed by atoms with Crippen LogP contribution in [0.1, 0.15) is 31.2 Å². The third-order valence-corrected chi connectivity index (χ3v) is 7.67. The summed E-state index contributed by atoms with van der Waals surface area (Å²) in [5, 5.41) is 0.982. The number of allylic oxidation sites excluding steroid dienone is 1. The monoisotopic (exact) mass is 608 g/mol. The van der Waals surface area contributed by atoms with E-state index in [-0.39, 0.29) is 17.7 Å². The maximum Gasteiger partial charge on any atom is 0.338 e. The van der Waals surface area contributed by atoms with E-state index in [2.05, 4.69) is 11.6 Å². The van der Waals surface area contributed by atoms with E-state index in [1.54, 1.807) is 67.6 Å². The van der Waals surface area contributed by atoms with Gasteiger partial charge in [-0.2, -0.15) is 0 Å². The second-order valence-electron chi connectivity index (χ2n) is 8.96. The quantitative estimate of drug-likeness (QED) is 0.157. The fraction of sp³-hybridized carbons (Fsp3) is 0.133. The van der Waals surface area contributed by atoms with Crippen molar-refractivity contribution in [1.82, 2.24) is 4.57 Å². The highest BCUT2D eigenvalue weighted by atomic mass is 35.5. The van der Waals surface area contributed by atoms with Crippen molar-refractivity contribution < 1.29 is 23.5 Å². The first-order chi connectivity index (χ1) is 19.7. The molecule has 3 heterocycles. The standard InChI is InChI=1S/C30H22Cl2N2O6S/c1-4-13-38-29(37)26-16(2)33-30-34(27(26)18-5-8-20(9-6-18)39-17(3)35)28(36)25(41-30)15-21-10-12-24(40-21)22-14-19(31)7-11-23(22)32/h4-12,14-15,27H,1,13H2,2-3H3/b25-15-/t27-/m0/s1. The molecule has 0 fully saturated rings. The van der Waals surface area contributed by atoms with E-state index in [1.807, 2.05) is 0 Å². The lowest BCUT2D eigenvalue weighted by Gasteiger charge is -2.24. The average molecular weight is 609 g/mol. The van der Waals surface area contributed by atoms with Crippen LogP contribution in [-0.4, -0.2) is 23.1 Å². The van der Waals surface area contributed by atoms with Crippen LogP contribution in [0, 0.1) is 0 Å². The Balaban J connectivity index is 1.61. The van der Waals surface area contributed by atoms with Crippen LogP contribution in [0.4, 0.5) is 0 Å². The summed E-state index contributed by atoms with van der Waals surface area (Å²) >= 11 is 13.6. The van der Waals surface area contributed by atoms with E-state index in [0.29, 0.717) is 53.5 Å². The summed E-state index contributed by atoms with van der Waals surface area (Å²) in [6, 6.07) is 14.3. The highest BCUT2D eigenvalue weighted by Gasteiger charge is 2.33. The van der Waals surface area contributed by atoms with Gasteiger partial charge in [0, 0.05) is 23.6 Å². The molecule has 0 radical (unpaired) electrons. The van der Waals surface area contributed by atoms with Crippen molar-refractivity contribution in [2.24, 2.45) is 4.99 Å². The lowest BCUT2D eigenvalue weighted by molar-refractivity contribution is -0.138. The lowest BCUT2D eigenvalue weighted by atomic mass is 9.96. The number of hydrogen-bond donors (Lipinski definition) is 0. The molecule has 208 valence electrons. The summed E-state index contributed by atoms with van der Waals surface area (Å²) in [7, 11) is 0. The van der Waals surface area contributed by atoms with Crippen LogP contribution in [0.3, 0.4) is 0 Å². The number of fused-ring (bicyclic) bond motifs is 1. The number of nitrogens with zero attached hydrogens (tertiary/aromatic N) is 2. The van der Waals surface area contributed by atoms with Gasteiger partial charge in [0.25, 0.3) is 5.56 Å². The van der Waals surface area contributed by atoms with Gasteiger partial charge in [0.15, 0.2) is 4.80 Å². The van der Waals surface area contributed by atoms with Crippen molar-refractivity contribution in [1.29, 1.82) is 0 Å². The van der Waals surface area contributed by atoms with Crippen LogP contribution in [0.5, 0.6) is 5.75 Å². The summed E-state index contributed by atoms with van der Waals surface area (Å²) in [4.78, 5) is 43.3. The smallest absolute Gasteiger partial charge is 0.338 e. The number of furan rings is 1. The second kappa shape index (κ2) is 11.7. The lowest BCUT2D eigenvalue weighted by Crippen LogP contribution is -2.39. The number of hydrogen-bond acceptors (Lipinski definition) is 8. The number of esters is 2. The van der Waals surface area contributed by atoms with E-state index in [4.69, 9.17) is 37.1 Å². The molecule has 0 spiro atoms. The highest BCUT2D eigenvalue weighted by Crippen LogP contribution is 2.33. The van der Waals surface area contributed by atoms with Crippen molar-refractivity contribution in [3.8, 4) is 17.1 Å². The molecule has 0 saturated carbocycles. The van der Waals surface area contributed by atoms with Crippen LogP contribution < -0.4 is 19.6 Å². The Labute approximate surface area is 248 Å². The Hall–Kier alpha value is -4.18. The molecule has 4 aromatic rings. The van der Waals surface area contributed by atoms with Crippen LogP contribution in [0.25, 0.3) is 17.4 Å². The Morgan fingerprint density at radius 2 is 1.90 bits per heavy atom. The maximum atomic E-state index is 13.8. The van der Waals surface area contributed by atoms with E-state index in [1.165, 1.54) is 17.6 Å². The van der Waals surface area contributed by atoms with E-state index >= 15 is 0 Å². The SMILES string of the molecule is C=CCOC(=O)C1=C(C)N=c2s/c(=C\c3ccc(-c4cc(Cl)ccc4Cl)o3)c(=O)n2[C@H]1c1ccc(OC(C)=O)cc1. The fourth-order valence-corrected chi connectivity index (χ4v) is 5.79. The van der Waals surface area contributed by atoms with Gasteiger partial charge in [-0.05, 0) is 55.0 Å². The number of rotatable bonds is 7. The molecule has 2 aromatic heterocycles. The van der Waals surface area contributed by atoms with Crippen LogP contribution >= 0.6 is 34.5 Å². The summed E-state index contributed by atoms with van der Waals surface area (Å²) in [6.45, 7) is 6.58. The Morgan fingerprint density at radius 3 is 2.61 bits per heavy atom. The summed E-state index contributed by atoms with van der Waals surface area (Å²) in [5.41, 5.74) is 1.47. The topological polar surface area (TPSA) is 100 Å². The maximum absolute atomic E-state index is 13.8. The van der Waals surface area contributed by atoms with Gasteiger partial charge in [0.1, 0.15) is 23.9 Å². The van der Waals surface area contributed by atoms with Crippen molar-refractivity contribution in [2.45, 2.75) is 19.9 Å². The molecule has 0 saturated heterocycles. The molecule has 1 aliphatic heterocycles. The third kappa shape index (κ3) is 5.83. The molecular weight excluding hydrogens is 587 g/mol. The first-order valence-electron chi connectivity index (χ1n) is 12.3. The van der Waals surface area contributed by atoms with E-state index in [9.17, 15) is 14.4 Å². The van der Waals surface area contributed by atoms with Gasteiger partial charge < -0.3 is 13.9 Å². The summed E-state index contributed by atoms with van der Waals surface area (Å²) in [6.07, 6.45) is 3.07. The number of carbonyl (C=O) groups excluding carboxylic acids is 2. The van der Waals surface area contributed by atoms with Gasteiger partial charge in [0.05, 0.1) is 26.9 Å². The zero-order valence-electron chi connectivity index (χ0n) is 21.9. The van der Waals surface area contributed by atoms with Gasteiger partial charge in [-0.15, -0.1) is 0 Å². The molecule has 0 amide bonds. The van der Waals surface area contributed by atoms with Gasteiger partial charge >= 0.3 is 11.9 Å². The molecule has 2 aromatic carbocycles. The predicted molar refractivity (Wildman–Crippen MR) is 157 cm³/mol. The molecule has 0 bridgehead atoms. The normalized spacial score (nSPS) is 14.8. The predicted octanol–water partition coefficient (Wildman–Crippen LogP) is 5.46. The molecule has 0 unspecified atom stereocenters. The van der Waals surface area contributed by atoms with Gasteiger partial charge in [-0.3, -0.25) is 14.2 Å². The number of thiazole rings is 1. The number of benzene rings is 2. The van der Waals surface area contributed by atoms with Crippen molar-refractivity contribution in [2.75, 3.05) is 6.61 Å². The number of carbonyl (C=O) groups is 2. The van der Waals surface area contributed by atoms with Crippen LogP contribution in [-0.2, 0) is 14.3 Å². The summed E-state index contributed by atoms with van der Waals surface area (Å²) in [5.74, 6) is 0.159. The first kappa shape index (κ1) is 28.4. The molecule has 1 atom stereocenters. The van der Waals surface area contributed by atoms with E-state index < -0.39 is 18.0 Å². The molecule has 8 nitrogen and oxygen atoms in total. The number of halogens is 2. The summed E-state index contributed by atoms with van der Waals surface area (Å²) < 4.78 is 18.3. The minimum Gasteiger partial charge on any atom is -0.458 e. The first-order valence-corrected chi connectivity index (χ1v) is 13.9. The molecule has 1 aliphatic rings. The van der Waals surface area contributed by atoms with E-state index in [0.717, 1.165) is 11.3 Å². The van der Waals surface area contributed by atoms with Crippen molar-refractivity contribution >= 4 is 52.6 Å². The molecule has 0 aliphatic carbocycles. The van der Waals surface area contributed by atoms with Crippen LogP contribution in [0.2, 0.25) is 10.0 Å². The Bertz CT molecular complexity index is 1900. The fourth-order valence-electron chi connectivity index (χ4n) is 4.39. The third-order valence-electron chi connectivity index (χ3n) is 6.13. The minimum absolute atomic E-state index is 0.00435. The zero-order chi connectivity index (χ0) is 29.3. The number of aromatic nitrogens is 1. The van der Waals surface area contributed by atoms with Gasteiger partial charge in [-0.1, -0.05) is 59.3 Å². The average Bonchev–Trinajstić information content (AvgIpc) is 3.52. The molecule has 11 heteroatoms. The van der Waals surface area contributed by atoms with Crippen molar-refractivity contribution in [3.63, 3.8) is 0 Å². The number of ether oxygens (including phenoxy) is 2. The minimum atomic E-state index is -0.838. The highest BCUT2D eigenvalue weighted by molar-refractivity contribution is 7.07. The largest absolute Gasteiger partial charge is 0.458 e. The molecular formula is C30H22Cl2N2O6S. The van der Waals surface area contributed by atoms with Crippen molar-refractivity contribution in [3.05, 3.63) is 120 Å². The second-order valence-corrected chi connectivity index (χ2v) is 10.8.